The summed E-state index contributed by atoms with van der Waals surface area (Å²) < 4.78 is 23.5. The quantitative estimate of drug-likeness (QED) is 0.661. The van der Waals surface area contributed by atoms with E-state index in [0.717, 1.165) is 0 Å². The van der Waals surface area contributed by atoms with Crippen molar-refractivity contribution >= 4 is 21.7 Å². The number of piperazine rings is 1. The van der Waals surface area contributed by atoms with Crippen LogP contribution < -0.4 is 0 Å². The van der Waals surface area contributed by atoms with Crippen molar-refractivity contribution in [2.24, 2.45) is 0 Å². The molecule has 2 rings (SSSR count). The normalized spacial score (nSPS) is 25.0. The van der Waals surface area contributed by atoms with Crippen molar-refractivity contribution in [2.75, 3.05) is 50.8 Å². The second-order valence-corrected chi connectivity index (χ2v) is 8.90. The van der Waals surface area contributed by atoms with E-state index in [-0.39, 0.29) is 29.9 Å². The first kappa shape index (κ1) is 17.2. The lowest BCUT2D eigenvalue weighted by Gasteiger charge is -2.43. The molecule has 8 heteroatoms. The largest absolute Gasteiger partial charge is 0.339 e. The van der Waals surface area contributed by atoms with E-state index in [1.54, 1.807) is 9.80 Å². The molecule has 2 heterocycles. The Hall–Kier alpha value is -1.15. The molecule has 0 spiro atoms. The highest BCUT2D eigenvalue weighted by molar-refractivity contribution is 7.91. The monoisotopic (exact) mass is 331 g/mol. The number of nitrogens with zero attached hydrogens (tertiary/aromatic N) is 3. The van der Waals surface area contributed by atoms with Crippen LogP contribution in [-0.4, -0.2) is 91.2 Å². The molecule has 0 N–H and O–H groups in total. The molecule has 0 unspecified atom stereocenters. The van der Waals surface area contributed by atoms with Gasteiger partial charge in [-0.1, -0.05) is 0 Å². The molecule has 2 aliphatic rings. The summed E-state index contributed by atoms with van der Waals surface area (Å²) in [6.07, 6.45) is 0. The Kier molecular flexibility index (Phi) is 4.81. The molecule has 0 aromatic heterocycles. The summed E-state index contributed by atoms with van der Waals surface area (Å²) in [5.41, 5.74) is -0.520. The summed E-state index contributed by atoms with van der Waals surface area (Å²) in [7, 11) is -3.01. The third-order valence-corrected chi connectivity index (χ3v) is 6.46. The fraction of sp³-hybridized carbons (Fsp3) is 0.857. The standard InChI is InChI=1S/C14H25N3O4S/c1-12(18)15-4-6-16(7-5-15)13(19)10-17-8-9-22(20,21)11-14(17,2)3/h4-11H2,1-3H3. The van der Waals surface area contributed by atoms with Crippen molar-refractivity contribution in [3.8, 4) is 0 Å². The van der Waals surface area contributed by atoms with E-state index in [1.807, 2.05) is 18.7 Å². The van der Waals surface area contributed by atoms with Gasteiger partial charge in [0, 0.05) is 45.2 Å². The zero-order chi connectivity index (χ0) is 16.5. The minimum Gasteiger partial charge on any atom is -0.339 e. The van der Waals surface area contributed by atoms with Crippen molar-refractivity contribution in [2.45, 2.75) is 26.3 Å². The highest BCUT2D eigenvalue weighted by atomic mass is 32.2. The number of sulfone groups is 1. The van der Waals surface area contributed by atoms with Crippen molar-refractivity contribution < 1.29 is 18.0 Å². The fourth-order valence-electron chi connectivity index (χ4n) is 3.08. The Morgan fingerprint density at radius 1 is 1.00 bits per heavy atom. The number of rotatable bonds is 2. The maximum absolute atomic E-state index is 12.4. The third-order valence-electron chi connectivity index (χ3n) is 4.51. The van der Waals surface area contributed by atoms with Crippen LogP contribution in [0.3, 0.4) is 0 Å². The Balaban J connectivity index is 1.91. The molecule has 0 aliphatic carbocycles. The second-order valence-electron chi connectivity index (χ2n) is 6.71. The molecule has 0 radical (unpaired) electrons. The van der Waals surface area contributed by atoms with Gasteiger partial charge in [0.2, 0.25) is 11.8 Å². The zero-order valence-corrected chi connectivity index (χ0v) is 14.4. The van der Waals surface area contributed by atoms with Crippen LogP contribution in [0.25, 0.3) is 0 Å². The summed E-state index contributed by atoms with van der Waals surface area (Å²) >= 11 is 0. The van der Waals surface area contributed by atoms with Crippen LogP contribution in [0.5, 0.6) is 0 Å². The lowest BCUT2D eigenvalue weighted by Crippen LogP contribution is -2.59. The van der Waals surface area contributed by atoms with Crippen molar-refractivity contribution in [1.29, 1.82) is 0 Å². The topological polar surface area (TPSA) is 78.0 Å². The van der Waals surface area contributed by atoms with Crippen LogP contribution in [0.4, 0.5) is 0 Å². The van der Waals surface area contributed by atoms with Crippen LogP contribution in [0.15, 0.2) is 0 Å². The van der Waals surface area contributed by atoms with Gasteiger partial charge in [0.15, 0.2) is 9.84 Å². The van der Waals surface area contributed by atoms with Gasteiger partial charge < -0.3 is 9.80 Å². The molecule has 2 fully saturated rings. The number of amides is 2. The maximum Gasteiger partial charge on any atom is 0.236 e. The lowest BCUT2D eigenvalue weighted by atomic mass is 10.1. The second kappa shape index (κ2) is 6.16. The van der Waals surface area contributed by atoms with Crippen LogP contribution in [0.2, 0.25) is 0 Å². The molecular formula is C14H25N3O4S. The van der Waals surface area contributed by atoms with Gasteiger partial charge in [-0.25, -0.2) is 8.42 Å². The van der Waals surface area contributed by atoms with Crippen LogP contribution >= 0.6 is 0 Å². The highest BCUT2D eigenvalue weighted by Gasteiger charge is 2.38. The molecule has 0 saturated carbocycles. The first-order valence-electron chi connectivity index (χ1n) is 7.59. The predicted octanol–water partition coefficient (Wildman–Crippen LogP) is -0.814. The highest BCUT2D eigenvalue weighted by Crippen LogP contribution is 2.22. The molecule has 2 amide bonds. The minimum atomic E-state index is -3.01. The van der Waals surface area contributed by atoms with Gasteiger partial charge in [-0.05, 0) is 13.8 Å². The molecule has 0 atom stereocenters. The Bertz CT molecular complexity index is 550. The maximum atomic E-state index is 12.4. The van der Waals surface area contributed by atoms with Gasteiger partial charge in [0.05, 0.1) is 18.1 Å². The van der Waals surface area contributed by atoms with Gasteiger partial charge in [-0.2, -0.15) is 0 Å². The van der Waals surface area contributed by atoms with E-state index in [4.69, 9.17) is 0 Å². The molecular weight excluding hydrogens is 306 g/mol. The zero-order valence-electron chi connectivity index (χ0n) is 13.5. The third kappa shape index (κ3) is 3.98. The molecule has 2 aliphatic heterocycles. The lowest BCUT2D eigenvalue weighted by molar-refractivity contribution is -0.140. The van der Waals surface area contributed by atoms with Gasteiger partial charge in [0.1, 0.15) is 0 Å². The van der Waals surface area contributed by atoms with Gasteiger partial charge in [-0.3, -0.25) is 14.5 Å². The molecule has 126 valence electrons. The Morgan fingerprint density at radius 2 is 1.55 bits per heavy atom. The average molecular weight is 331 g/mol. The first-order valence-corrected chi connectivity index (χ1v) is 9.42. The molecule has 0 bridgehead atoms. The summed E-state index contributed by atoms with van der Waals surface area (Å²) in [6.45, 7) is 8.13. The predicted molar refractivity (Wildman–Crippen MR) is 83.1 cm³/mol. The van der Waals surface area contributed by atoms with E-state index in [9.17, 15) is 18.0 Å². The molecule has 0 aromatic carbocycles. The van der Waals surface area contributed by atoms with Crippen LogP contribution in [0, 0.1) is 0 Å². The van der Waals surface area contributed by atoms with E-state index < -0.39 is 15.4 Å². The molecule has 2 saturated heterocycles. The number of hydrogen-bond donors (Lipinski definition) is 0. The number of carbonyl (C=O) groups is 2. The van der Waals surface area contributed by atoms with Gasteiger partial charge >= 0.3 is 0 Å². The Labute approximate surface area is 132 Å². The number of carbonyl (C=O) groups excluding carboxylic acids is 2. The SMILES string of the molecule is CC(=O)N1CCN(C(=O)CN2CCS(=O)(=O)CC2(C)C)CC1. The average Bonchev–Trinajstić information content (AvgIpc) is 2.40. The van der Waals surface area contributed by atoms with Gasteiger partial charge in [-0.15, -0.1) is 0 Å². The summed E-state index contributed by atoms with van der Waals surface area (Å²) in [4.78, 5) is 29.2. The molecule has 22 heavy (non-hydrogen) atoms. The molecule has 0 aromatic rings. The first-order chi connectivity index (χ1) is 10.1. The van der Waals surface area contributed by atoms with Crippen molar-refractivity contribution in [3.63, 3.8) is 0 Å². The Morgan fingerprint density at radius 3 is 2.05 bits per heavy atom. The number of hydrogen-bond acceptors (Lipinski definition) is 5. The van der Waals surface area contributed by atoms with E-state index in [0.29, 0.717) is 32.7 Å². The van der Waals surface area contributed by atoms with E-state index in [2.05, 4.69) is 0 Å². The summed E-state index contributed by atoms with van der Waals surface area (Å²) in [6, 6.07) is 0. The van der Waals surface area contributed by atoms with Crippen LogP contribution in [-0.2, 0) is 19.4 Å². The fourth-order valence-corrected chi connectivity index (χ4v) is 4.98. The minimum absolute atomic E-state index is 0.00979. The summed E-state index contributed by atoms with van der Waals surface area (Å²) in [5.74, 6) is 0.248. The van der Waals surface area contributed by atoms with E-state index in [1.165, 1.54) is 6.92 Å². The van der Waals surface area contributed by atoms with Gasteiger partial charge in [0.25, 0.3) is 0 Å². The van der Waals surface area contributed by atoms with E-state index >= 15 is 0 Å². The molecule has 7 nitrogen and oxygen atoms in total. The van der Waals surface area contributed by atoms with Crippen molar-refractivity contribution in [3.05, 3.63) is 0 Å². The smallest absolute Gasteiger partial charge is 0.236 e. The van der Waals surface area contributed by atoms with Crippen LogP contribution in [0.1, 0.15) is 20.8 Å². The van der Waals surface area contributed by atoms with Crippen molar-refractivity contribution in [1.82, 2.24) is 14.7 Å². The summed E-state index contributed by atoms with van der Waals surface area (Å²) in [5, 5.41) is 0.